The Morgan fingerprint density at radius 3 is 2.21 bits per heavy atom. The molecule has 0 radical (unpaired) electrons. The van der Waals surface area contributed by atoms with E-state index in [4.69, 9.17) is 29.2 Å². The van der Waals surface area contributed by atoms with Gasteiger partial charge in [0.1, 0.15) is 0 Å². The van der Waals surface area contributed by atoms with Crippen LogP contribution >= 0.6 is 7.92 Å². The van der Waals surface area contributed by atoms with Crippen LogP contribution in [-0.4, -0.2) is 42.7 Å². The predicted octanol–water partition coefficient (Wildman–Crippen LogP) is 1.59. The maximum absolute atomic E-state index is 11.1. The first kappa shape index (κ1) is 19.7. The van der Waals surface area contributed by atoms with Gasteiger partial charge in [-0.05, 0) is 0 Å². The molecule has 0 spiro atoms. The minimum absolute atomic E-state index is 0.145. The molecule has 1 amide bonds. The van der Waals surface area contributed by atoms with E-state index in [1.54, 1.807) is 0 Å². The van der Waals surface area contributed by atoms with Crippen molar-refractivity contribution in [3.8, 4) is 11.6 Å². The fourth-order valence-electron chi connectivity index (χ4n) is 1.63. The van der Waals surface area contributed by atoms with E-state index in [9.17, 15) is 14.2 Å². The number of carboxylic acids is 1. The van der Waals surface area contributed by atoms with Crippen molar-refractivity contribution in [2.45, 2.75) is 12.2 Å². The second-order valence-corrected chi connectivity index (χ2v) is 4.45. The Kier molecular flexibility index (Phi) is 7.44. The number of carboxylic acid groups (broad SMARTS) is 2. The zero-order valence-corrected chi connectivity index (χ0v) is 13.5. The molecule has 0 aliphatic rings. The normalized spacial score (nSPS) is 11.9. The third kappa shape index (κ3) is 5.38. The number of ether oxygens (including phenoxy) is 4. The molecule has 1 aromatic carbocycles. The van der Waals surface area contributed by atoms with Gasteiger partial charge in [-0.3, -0.25) is 0 Å². The van der Waals surface area contributed by atoms with Crippen LogP contribution < -0.4 is 10.1 Å². The molecule has 0 saturated carbocycles. The van der Waals surface area contributed by atoms with Crippen molar-refractivity contribution in [1.82, 2.24) is 5.32 Å². The fraction of sp³-hybridized carbons (Fsp3) is 0.308. The van der Waals surface area contributed by atoms with Crippen LogP contribution in [0.4, 0.5) is 4.79 Å². The van der Waals surface area contributed by atoms with E-state index >= 15 is 0 Å². The Balaban J connectivity index is 2.99. The molecule has 0 aromatic heterocycles. The molecule has 0 aliphatic heterocycles. The van der Waals surface area contributed by atoms with Crippen molar-refractivity contribution < 1.29 is 43.3 Å². The van der Waals surface area contributed by atoms with Gasteiger partial charge in [0.05, 0.1) is 0 Å². The van der Waals surface area contributed by atoms with Crippen LogP contribution in [0.3, 0.4) is 0 Å². The molecule has 0 fully saturated rings. The molecule has 0 aliphatic carbocycles. The van der Waals surface area contributed by atoms with Crippen LogP contribution in [0, 0.1) is 5.81 Å². The van der Waals surface area contributed by atoms with Gasteiger partial charge >= 0.3 is 136 Å². The monoisotopic (exact) mass is 359 g/mol. The molecule has 1 aromatic rings. The molecule has 0 unspecified atom stereocenters. The number of aliphatic carboxylic acids is 1. The molecule has 130 valence electrons. The summed E-state index contributed by atoms with van der Waals surface area (Å²) in [4.78, 5) is 21.7. The van der Waals surface area contributed by atoms with E-state index in [-0.39, 0.29) is 11.3 Å². The predicted molar refractivity (Wildman–Crippen MR) is 77.9 cm³/mol. The Morgan fingerprint density at radius 1 is 1.21 bits per heavy atom. The Morgan fingerprint density at radius 2 is 1.79 bits per heavy atom. The van der Waals surface area contributed by atoms with Gasteiger partial charge < -0.3 is 0 Å². The van der Waals surface area contributed by atoms with Crippen LogP contribution in [0.2, 0.25) is 0 Å². The van der Waals surface area contributed by atoms with Crippen LogP contribution in [0.25, 0.3) is 0 Å². The number of nitrogens with one attached hydrogen (secondary N) is 1. The van der Waals surface area contributed by atoms with Crippen molar-refractivity contribution >= 4 is 20.0 Å². The summed E-state index contributed by atoms with van der Waals surface area (Å²) in [6.07, 6.45) is -3.51. The van der Waals surface area contributed by atoms with Crippen LogP contribution in [0.1, 0.15) is 11.6 Å². The van der Waals surface area contributed by atoms with E-state index in [0.29, 0.717) is 0 Å². The van der Waals surface area contributed by atoms with Gasteiger partial charge in [-0.25, -0.2) is 0 Å². The first-order chi connectivity index (χ1) is 11.4. The fourth-order valence-corrected chi connectivity index (χ4v) is 1.78. The summed E-state index contributed by atoms with van der Waals surface area (Å²) in [5.74, 6) is 0.746. The van der Waals surface area contributed by atoms with Gasteiger partial charge in [0, 0.05) is 0 Å². The Labute approximate surface area is 137 Å². The average Bonchev–Trinajstić information content (AvgIpc) is 2.57. The third-order valence-corrected chi connectivity index (χ3v) is 2.84. The van der Waals surface area contributed by atoms with Crippen LogP contribution in [0.5, 0.6) is 5.75 Å². The molecule has 0 saturated heterocycles. The second-order valence-electron chi connectivity index (χ2n) is 4.08. The molecule has 10 nitrogen and oxygen atoms in total. The molecule has 3 N–H and O–H groups in total. The van der Waals surface area contributed by atoms with E-state index < -0.39 is 32.2 Å². The zero-order valence-electron chi connectivity index (χ0n) is 12.6. The number of amides is 1. The number of carbonyl (C=O) groups is 2. The molecular formula is C13H14NO9P. The van der Waals surface area contributed by atoms with Crippen molar-refractivity contribution in [3.05, 3.63) is 29.8 Å². The number of hydrogen-bond acceptors (Lipinski definition) is 7. The maximum atomic E-state index is 11.1. The molecule has 0 heterocycles. The number of hydrogen-bond donors (Lipinski definition) is 3. The first-order valence-electron chi connectivity index (χ1n) is 6.24. The Bertz CT molecular complexity index is 681. The van der Waals surface area contributed by atoms with Crippen molar-refractivity contribution in [2.75, 3.05) is 14.2 Å². The second kappa shape index (κ2) is 9.07. The van der Waals surface area contributed by atoms with Gasteiger partial charge in [-0.15, -0.1) is 0 Å². The number of benzene rings is 1. The first-order valence-corrected chi connectivity index (χ1v) is 7.05. The average molecular weight is 359 g/mol. The van der Waals surface area contributed by atoms with E-state index in [0.717, 1.165) is 0 Å². The summed E-state index contributed by atoms with van der Waals surface area (Å²) in [5, 5.41) is 19.6. The van der Waals surface area contributed by atoms with Crippen molar-refractivity contribution in [3.63, 3.8) is 0 Å². The quantitative estimate of drug-likeness (QED) is 0.466. The minimum atomic E-state index is -2.04. The van der Waals surface area contributed by atoms with E-state index in [1.807, 2.05) is 11.1 Å². The van der Waals surface area contributed by atoms with E-state index in [2.05, 4.69) is 0 Å². The van der Waals surface area contributed by atoms with Crippen LogP contribution in [0.15, 0.2) is 24.3 Å². The Hall–Kier alpha value is -2.35. The summed E-state index contributed by atoms with van der Waals surface area (Å²) in [5.41, 5.74) is 0.176. The molecule has 24 heavy (non-hydrogen) atoms. The summed E-state index contributed by atoms with van der Waals surface area (Å²) in [6, 6.07) is 3.92. The third-order valence-electron chi connectivity index (χ3n) is 2.68. The van der Waals surface area contributed by atoms with Gasteiger partial charge in [-0.1, -0.05) is 0 Å². The van der Waals surface area contributed by atoms with E-state index in [1.165, 1.54) is 38.5 Å². The molecule has 11 heteroatoms. The summed E-state index contributed by atoms with van der Waals surface area (Å²) >= 11 is 0. The SMILES string of the molecule is COC(OC)(OC#P=O)Oc1ccc([C@@H](NC(=O)O)C(=O)O)cc1. The van der Waals surface area contributed by atoms with Crippen LogP contribution in [-0.2, 0) is 23.6 Å². The molecular weight excluding hydrogens is 345 g/mol. The van der Waals surface area contributed by atoms with Crippen molar-refractivity contribution in [2.24, 2.45) is 0 Å². The summed E-state index contributed by atoms with van der Waals surface area (Å²) < 4.78 is 30.3. The summed E-state index contributed by atoms with van der Waals surface area (Å²) in [7, 11) is 1.86. The summed E-state index contributed by atoms with van der Waals surface area (Å²) in [6.45, 7) is 0. The standard InChI is InChI=1S/C13H14NO9P/c1-20-13(21-2,22-7-24-19)23-9-5-3-8(4-6-9)10(11(15)16)14-12(17)18/h3-6,10,14H,1-2H3,(H,15,16)(H,17,18)/t10-/m1/s1. The molecule has 0 bridgehead atoms. The molecule has 1 atom stereocenters. The van der Waals surface area contributed by atoms with Gasteiger partial charge in [0.25, 0.3) is 0 Å². The number of rotatable bonds is 8. The topological polar surface area (TPSA) is 141 Å². The van der Waals surface area contributed by atoms with Gasteiger partial charge in [-0.2, -0.15) is 0 Å². The van der Waals surface area contributed by atoms with Gasteiger partial charge in [0.15, 0.2) is 0 Å². The van der Waals surface area contributed by atoms with Gasteiger partial charge in [0.2, 0.25) is 0 Å². The zero-order chi connectivity index (χ0) is 18.2. The van der Waals surface area contributed by atoms with Crippen molar-refractivity contribution in [1.29, 1.82) is 0 Å². The number of methoxy groups -OCH3 is 2. The molecule has 1 rings (SSSR count).